The smallest absolute Gasteiger partial charge is 0.246 e. The Morgan fingerprint density at radius 3 is 2.74 bits per heavy atom. The van der Waals surface area contributed by atoms with Crippen LogP contribution in [0.15, 0.2) is 30.3 Å². The lowest BCUT2D eigenvalue weighted by atomic mass is 10.2. The number of nitrogens with zero attached hydrogens (tertiary/aromatic N) is 1. The number of morpholine rings is 1. The van der Waals surface area contributed by atoms with Gasteiger partial charge in [-0.1, -0.05) is 12.1 Å². The van der Waals surface area contributed by atoms with Crippen molar-refractivity contribution in [2.24, 2.45) is 0 Å². The van der Waals surface area contributed by atoms with Crippen LogP contribution in [-0.2, 0) is 9.53 Å². The molecule has 100 valence electrons. The fourth-order valence-corrected chi connectivity index (χ4v) is 2.73. The molecule has 1 amide bonds. The summed E-state index contributed by atoms with van der Waals surface area (Å²) in [6, 6.07) is 7.50. The van der Waals surface area contributed by atoms with Crippen molar-refractivity contribution in [3.8, 4) is 0 Å². The molecule has 2 heterocycles. The standard InChI is InChI=1S/C15H18N2O2/c16-12-3-1-2-11(8-12)4-7-15(18)17-9-13-5-6-14(10-17)19-13/h1-4,7-8,13-14H,5-6,9-10,16H2/b7-4+. The van der Waals surface area contributed by atoms with Crippen LogP contribution in [0.2, 0.25) is 0 Å². The van der Waals surface area contributed by atoms with Crippen LogP contribution >= 0.6 is 0 Å². The zero-order valence-corrected chi connectivity index (χ0v) is 10.8. The van der Waals surface area contributed by atoms with Gasteiger partial charge in [0.2, 0.25) is 5.91 Å². The number of nitrogen functional groups attached to an aromatic ring is 1. The van der Waals surface area contributed by atoms with E-state index in [0.29, 0.717) is 5.69 Å². The number of hydrogen-bond acceptors (Lipinski definition) is 3. The van der Waals surface area contributed by atoms with Crippen LogP contribution in [0, 0.1) is 0 Å². The van der Waals surface area contributed by atoms with Crippen LogP contribution in [-0.4, -0.2) is 36.1 Å². The molecule has 2 bridgehead atoms. The Balaban J connectivity index is 1.65. The third kappa shape index (κ3) is 2.79. The number of fused-ring (bicyclic) bond motifs is 2. The van der Waals surface area contributed by atoms with E-state index < -0.39 is 0 Å². The van der Waals surface area contributed by atoms with Gasteiger partial charge in [0.1, 0.15) is 0 Å². The van der Waals surface area contributed by atoms with Gasteiger partial charge in [-0.3, -0.25) is 4.79 Å². The molecule has 1 aromatic rings. The third-order valence-corrected chi connectivity index (χ3v) is 3.68. The Morgan fingerprint density at radius 2 is 2.05 bits per heavy atom. The molecule has 2 saturated heterocycles. The lowest BCUT2D eigenvalue weighted by Crippen LogP contribution is -2.45. The fraction of sp³-hybridized carbons (Fsp3) is 0.400. The summed E-state index contributed by atoms with van der Waals surface area (Å²) < 4.78 is 5.72. The van der Waals surface area contributed by atoms with Gasteiger partial charge in [0.05, 0.1) is 12.2 Å². The number of nitrogens with two attached hydrogens (primary N) is 1. The second kappa shape index (κ2) is 5.05. The van der Waals surface area contributed by atoms with Crippen molar-refractivity contribution in [3.05, 3.63) is 35.9 Å². The zero-order valence-electron chi connectivity index (χ0n) is 10.8. The topological polar surface area (TPSA) is 55.6 Å². The van der Waals surface area contributed by atoms with Gasteiger partial charge < -0.3 is 15.4 Å². The summed E-state index contributed by atoms with van der Waals surface area (Å²) in [7, 11) is 0. The molecule has 4 nitrogen and oxygen atoms in total. The summed E-state index contributed by atoms with van der Waals surface area (Å²) >= 11 is 0. The molecule has 3 rings (SSSR count). The Bertz CT molecular complexity index is 501. The van der Waals surface area contributed by atoms with Crippen molar-refractivity contribution in [3.63, 3.8) is 0 Å². The molecular formula is C15H18N2O2. The van der Waals surface area contributed by atoms with Crippen LogP contribution < -0.4 is 5.73 Å². The van der Waals surface area contributed by atoms with E-state index in [1.165, 1.54) is 0 Å². The van der Waals surface area contributed by atoms with Crippen molar-refractivity contribution in [2.45, 2.75) is 25.0 Å². The van der Waals surface area contributed by atoms with Crippen LogP contribution in [0.4, 0.5) is 5.69 Å². The lowest BCUT2D eigenvalue weighted by molar-refractivity contribution is -0.134. The molecule has 2 aliphatic heterocycles. The van der Waals surface area contributed by atoms with Crippen LogP contribution in [0.5, 0.6) is 0 Å². The second-order valence-electron chi connectivity index (χ2n) is 5.20. The van der Waals surface area contributed by atoms with Gasteiger partial charge in [0.15, 0.2) is 0 Å². The van der Waals surface area contributed by atoms with E-state index in [1.54, 1.807) is 6.08 Å². The molecule has 19 heavy (non-hydrogen) atoms. The summed E-state index contributed by atoms with van der Waals surface area (Å²) in [5.74, 6) is 0.0580. The highest BCUT2D eigenvalue weighted by Gasteiger charge is 2.34. The fourth-order valence-electron chi connectivity index (χ4n) is 2.73. The Labute approximate surface area is 112 Å². The molecule has 2 N–H and O–H groups in total. The number of carbonyl (C=O) groups excluding carboxylic acids is 1. The largest absolute Gasteiger partial charge is 0.399 e. The number of hydrogen-bond donors (Lipinski definition) is 1. The SMILES string of the molecule is Nc1cccc(/C=C/C(=O)N2CC3CCC(C2)O3)c1. The maximum Gasteiger partial charge on any atom is 0.246 e. The zero-order chi connectivity index (χ0) is 13.2. The second-order valence-corrected chi connectivity index (χ2v) is 5.20. The molecule has 2 unspecified atom stereocenters. The van der Waals surface area contributed by atoms with Crippen LogP contribution in [0.3, 0.4) is 0 Å². The minimum absolute atomic E-state index is 0.0580. The van der Waals surface area contributed by atoms with Crippen molar-refractivity contribution >= 4 is 17.7 Å². The number of rotatable bonds is 2. The molecule has 0 saturated carbocycles. The van der Waals surface area contributed by atoms with Gasteiger partial charge in [-0.15, -0.1) is 0 Å². The summed E-state index contributed by atoms with van der Waals surface area (Å²) in [5, 5.41) is 0. The van der Waals surface area contributed by atoms with E-state index in [0.717, 1.165) is 31.5 Å². The first-order valence-corrected chi connectivity index (χ1v) is 6.69. The van der Waals surface area contributed by atoms with Crippen molar-refractivity contribution < 1.29 is 9.53 Å². The third-order valence-electron chi connectivity index (χ3n) is 3.68. The normalized spacial score (nSPS) is 26.0. The van der Waals surface area contributed by atoms with Gasteiger partial charge in [-0.05, 0) is 36.6 Å². The van der Waals surface area contributed by atoms with Gasteiger partial charge in [0, 0.05) is 24.9 Å². The maximum atomic E-state index is 12.1. The predicted molar refractivity (Wildman–Crippen MR) is 74.4 cm³/mol. The first-order valence-electron chi connectivity index (χ1n) is 6.69. The number of carbonyl (C=O) groups is 1. The first-order chi connectivity index (χ1) is 9.20. The van der Waals surface area contributed by atoms with E-state index in [9.17, 15) is 4.79 Å². The molecule has 2 fully saturated rings. The van der Waals surface area contributed by atoms with Crippen LogP contribution in [0.1, 0.15) is 18.4 Å². The van der Waals surface area contributed by atoms with E-state index in [1.807, 2.05) is 35.2 Å². The maximum absolute atomic E-state index is 12.1. The molecule has 2 atom stereocenters. The molecule has 0 spiro atoms. The highest BCUT2D eigenvalue weighted by molar-refractivity contribution is 5.92. The summed E-state index contributed by atoms with van der Waals surface area (Å²) in [4.78, 5) is 14.0. The average Bonchev–Trinajstić information content (AvgIpc) is 2.75. The Hall–Kier alpha value is -1.81. The van der Waals surface area contributed by atoms with E-state index in [4.69, 9.17) is 10.5 Å². The molecule has 2 aliphatic rings. The number of amides is 1. The molecule has 1 aromatic carbocycles. The Kier molecular flexibility index (Phi) is 3.25. The molecule has 0 radical (unpaired) electrons. The van der Waals surface area contributed by atoms with E-state index in [-0.39, 0.29) is 18.1 Å². The molecular weight excluding hydrogens is 240 g/mol. The van der Waals surface area contributed by atoms with Crippen LogP contribution in [0.25, 0.3) is 6.08 Å². The molecule has 0 aliphatic carbocycles. The molecule has 0 aromatic heterocycles. The van der Waals surface area contributed by atoms with Crippen molar-refractivity contribution in [2.75, 3.05) is 18.8 Å². The predicted octanol–water partition coefficient (Wildman–Crippen LogP) is 1.67. The first kappa shape index (κ1) is 12.2. The highest BCUT2D eigenvalue weighted by atomic mass is 16.5. The van der Waals surface area contributed by atoms with Crippen molar-refractivity contribution in [1.82, 2.24) is 4.90 Å². The van der Waals surface area contributed by atoms with Gasteiger partial charge >= 0.3 is 0 Å². The minimum Gasteiger partial charge on any atom is -0.399 e. The Morgan fingerprint density at radius 1 is 1.32 bits per heavy atom. The van der Waals surface area contributed by atoms with E-state index >= 15 is 0 Å². The quantitative estimate of drug-likeness (QED) is 0.648. The summed E-state index contributed by atoms with van der Waals surface area (Å²) in [6.07, 6.45) is 6.07. The highest BCUT2D eigenvalue weighted by Crippen LogP contribution is 2.26. The van der Waals surface area contributed by atoms with E-state index in [2.05, 4.69) is 0 Å². The van der Waals surface area contributed by atoms with Gasteiger partial charge in [0.25, 0.3) is 0 Å². The summed E-state index contributed by atoms with van der Waals surface area (Å²) in [6.45, 7) is 1.44. The van der Waals surface area contributed by atoms with Crippen molar-refractivity contribution in [1.29, 1.82) is 0 Å². The van der Waals surface area contributed by atoms with Gasteiger partial charge in [-0.25, -0.2) is 0 Å². The summed E-state index contributed by atoms with van der Waals surface area (Å²) in [5.41, 5.74) is 7.36. The van der Waals surface area contributed by atoms with Gasteiger partial charge in [-0.2, -0.15) is 0 Å². The lowest BCUT2D eigenvalue weighted by Gasteiger charge is -2.31. The minimum atomic E-state index is 0.0580. The number of ether oxygens (including phenoxy) is 1. The number of anilines is 1. The molecule has 4 heteroatoms. The average molecular weight is 258 g/mol. The number of likely N-dealkylation sites (tertiary alicyclic amines) is 1. The number of benzene rings is 1. The monoisotopic (exact) mass is 258 g/mol.